The van der Waals surface area contributed by atoms with Crippen LogP contribution in [0.3, 0.4) is 0 Å². The molecule has 4 nitrogen and oxygen atoms in total. The van der Waals surface area contributed by atoms with Crippen molar-refractivity contribution in [1.29, 1.82) is 5.26 Å². The molecule has 0 bridgehead atoms. The minimum absolute atomic E-state index is 0.258. The summed E-state index contributed by atoms with van der Waals surface area (Å²) < 4.78 is 11.4. The van der Waals surface area contributed by atoms with E-state index in [-0.39, 0.29) is 6.04 Å². The van der Waals surface area contributed by atoms with E-state index in [1.165, 1.54) is 0 Å². The summed E-state index contributed by atoms with van der Waals surface area (Å²) in [5, 5.41) is 13.6. The molecule has 2 aromatic rings. The van der Waals surface area contributed by atoms with E-state index in [2.05, 4.69) is 16.4 Å². The summed E-state index contributed by atoms with van der Waals surface area (Å²) >= 11 is 0. The maximum Gasteiger partial charge on any atom is 0.144 e. The number of hydrogen-bond acceptors (Lipinski definition) is 4. The van der Waals surface area contributed by atoms with Gasteiger partial charge in [-0.05, 0) is 25.0 Å². The second kappa shape index (κ2) is 5.59. The molecule has 1 fully saturated rings. The van der Waals surface area contributed by atoms with E-state index in [0.29, 0.717) is 11.4 Å². The fourth-order valence-electron chi connectivity index (χ4n) is 2.44. The molecule has 1 aromatic heterocycles. The molecule has 0 atom stereocenters. The van der Waals surface area contributed by atoms with Crippen LogP contribution in [0, 0.1) is 11.3 Å². The van der Waals surface area contributed by atoms with Gasteiger partial charge < -0.3 is 5.32 Å². The number of aromatic nitrogens is 1. The Bertz CT molecular complexity index is 698. The van der Waals surface area contributed by atoms with Crippen LogP contribution in [0.4, 0.5) is 5.82 Å². The van der Waals surface area contributed by atoms with E-state index in [0.717, 1.165) is 35.3 Å². The van der Waals surface area contributed by atoms with Crippen LogP contribution in [-0.4, -0.2) is 26.7 Å². The first-order valence-electron chi connectivity index (χ1n) is 6.67. The van der Waals surface area contributed by atoms with Gasteiger partial charge in [0, 0.05) is 33.7 Å². The van der Waals surface area contributed by atoms with E-state index in [1.807, 2.05) is 30.3 Å². The summed E-state index contributed by atoms with van der Waals surface area (Å²) in [6.07, 6.45) is 1.73. The lowest BCUT2D eigenvalue weighted by Crippen LogP contribution is -2.30. The molecule has 0 spiro atoms. The minimum atomic E-state index is -0.674. The summed E-state index contributed by atoms with van der Waals surface area (Å²) in [6.45, 7) is 0. The predicted octanol–water partition coefficient (Wildman–Crippen LogP) is 2.43. The van der Waals surface area contributed by atoms with E-state index >= 15 is 0 Å². The summed E-state index contributed by atoms with van der Waals surface area (Å²) in [6, 6.07) is 12.1. The summed E-state index contributed by atoms with van der Waals surface area (Å²) in [7, 11) is -0.674. The van der Waals surface area contributed by atoms with E-state index in [1.54, 1.807) is 0 Å². The molecule has 2 heterocycles. The fourth-order valence-corrected chi connectivity index (χ4v) is 3.74. The number of anilines is 1. The topological polar surface area (TPSA) is 65.8 Å². The summed E-state index contributed by atoms with van der Waals surface area (Å²) in [4.78, 5) is 4.55. The number of nitriles is 1. The van der Waals surface area contributed by atoms with Crippen molar-refractivity contribution in [3.63, 3.8) is 0 Å². The molecule has 1 aliphatic rings. The molecule has 0 radical (unpaired) electrons. The van der Waals surface area contributed by atoms with Crippen LogP contribution < -0.4 is 5.32 Å². The van der Waals surface area contributed by atoms with Gasteiger partial charge in [-0.25, -0.2) is 4.98 Å². The molecule has 0 aliphatic carbocycles. The molecule has 0 saturated carbocycles. The van der Waals surface area contributed by atoms with E-state index < -0.39 is 10.8 Å². The quantitative estimate of drug-likeness (QED) is 0.920. The van der Waals surface area contributed by atoms with Crippen LogP contribution >= 0.6 is 0 Å². The number of benzene rings is 1. The summed E-state index contributed by atoms with van der Waals surface area (Å²) in [5.74, 6) is 2.10. The number of pyridine rings is 1. The zero-order valence-electron chi connectivity index (χ0n) is 11.0. The van der Waals surface area contributed by atoms with Crippen LogP contribution in [0.5, 0.6) is 0 Å². The lowest BCUT2D eigenvalue weighted by atomic mass is 10.1. The van der Waals surface area contributed by atoms with Crippen LogP contribution in [0.25, 0.3) is 10.9 Å². The Morgan fingerprint density at radius 1 is 1.30 bits per heavy atom. The van der Waals surface area contributed by atoms with Gasteiger partial charge in [0.25, 0.3) is 0 Å². The van der Waals surface area contributed by atoms with Gasteiger partial charge >= 0.3 is 0 Å². The molecule has 5 heteroatoms. The van der Waals surface area contributed by atoms with Crippen molar-refractivity contribution < 1.29 is 4.21 Å². The molecule has 1 N–H and O–H groups in total. The fraction of sp³-hybridized carbons (Fsp3) is 0.333. The van der Waals surface area contributed by atoms with Crippen molar-refractivity contribution in [2.24, 2.45) is 0 Å². The largest absolute Gasteiger partial charge is 0.366 e. The third-order valence-corrected chi connectivity index (χ3v) is 4.96. The first-order valence-corrected chi connectivity index (χ1v) is 8.16. The molecule has 102 valence electrons. The SMILES string of the molecule is N#Cc1cc2ccccc2nc1NC1CCS(=O)CC1. The Hall–Kier alpha value is -1.93. The molecule has 20 heavy (non-hydrogen) atoms. The van der Waals surface area contributed by atoms with Gasteiger partial charge in [-0.2, -0.15) is 5.26 Å². The second-order valence-electron chi connectivity index (χ2n) is 4.96. The smallest absolute Gasteiger partial charge is 0.144 e. The highest BCUT2D eigenvalue weighted by Crippen LogP contribution is 2.22. The van der Waals surface area contributed by atoms with Crippen molar-refractivity contribution >= 4 is 27.5 Å². The third-order valence-electron chi connectivity index (χ3n) is 3.57. The van der Waals surface area contributed by atoms with Gasteiger partial charge in [0.15, 0.2) is 0 Å². The standard InChI is InChI=1S/C15H15N3OS/c16-10-12-9-11-3-1-2-4-14(11)18-15(12)17-13-5-7-20(19)8-6-13/h1-4,9,13H,5-8H2,(H,17,18). The molecule has 1 aliphatic heterocycles. The summed E-state index contributed by atoms with van der Waals surface area (Å²) in [5.41, 5.74) is 1.45. The van der Waals surface area contributed by atoms with Gasteiger partial charge in [-0.15, -0.1) is 0 Å². The molecular formula is C15H15N3OS. The lowest BCUT2D eigenvalue weighted by molar-refractivity contribution is 0.622. The Kier molecular flexibility index (Phi) is 3.66. The first-order chi connectivity index (χ1) is 9.76. The average Bonchev–Trinajstić information content (AvgIpc) is 2.49. The number of fused-ring (bicyclic) bond motifs is 1. The van der Waals surface area contributed by atoms with Gasteiger partial charge in [0.2, 0.25) is 0 Å². The van der Waals surface area contributed by atoms with Gasteiger partial charge in [-0.1, -0.05) is 18.2 Å². The molecule has 1 saturated heterocycles. The number of nitrogens with one attached hydrogen (secondary N) is 1. The number of nitrogens with zero attached hydrogens (tertiary/aromatic N) is 2. The molecule has 3 rings (SSSR count). The van der Waals surface area contributed by atoms with E-state index in [9.17, 15) is 9.47 Å². The van der Waals surface area contributed by atoms with Crippen LogP contribution in [0.15, 0.2) is 30.3 Å². The normalized spacial score (nSPS) is 22.4. The first kappa shape index (κ1) is 13.1. The Balaban J connectivity index is 1.90. The lowest BCUT2D eigenvalue weighted by Gasteiger charge is -2.23. The number of para-hydroxylation sites is 1. The van der Waals surface area contributed by atoms with E-state index in [4.69, 9.17) is 0 Å². The second-order valence-corrected chi connectivity index (χ2v) is 6.65. The third kappa shape index (κ3) is 2.66. The van der Waals surface area contributed by atoms with Crippen molar-refractivity contribution in [2.75, 3.05) is 16.8 Å². The van der Waals surface area contributed by atoms with Crippen LogP contribution in [0.2, 0.25) is 0 Å². The van der Waals surface area contributed by atoms with Crippen molar-refractivity contribution in [3.05, 3.63) is 35.9 Å². The minimum Gasteiger partial charge on any atom is -0.366 e. The van der Waals surface area contributed by atoms with Gasteiger partial charge in [0.1, 0.15) is 11.9 Å². The zero-order chi connectivity index (χ0) is 13.9. The van der Waals surface area contributed by atoms with Gasteiger partial charge in [0.05, 0.1) is 11.1 Å². The Labute approximate surface area is 120 Å². The highest BCUT2D eigenvalue weighted by Gasteiger charge is 2.19. The number of rotatable bonds is 2. The van der Waals surface area contributed by atoms with Crippen LogP contribution in [0.1, 0.15) is 18.4 Å². The molecule has 1 aromatic carbocycles. The maximum atomic E-state index is 11.4. The van der Waals surface area contributed by atoms with Crippen molar-refractivity contribution in [3.8, 4) is 6.07 Å². The number of hydrogen-bond donors (Lipinski definition) is 1. The monoisotopic (exact) mass is 285 g/mol. The maximum absolute atomic E-state index is 11.4. The van der Waals surface area contributed by atoms with Crippen molar-refractivity contribution in [1.82, 2.24) is 4.98 Å². The van der Waals surface area contributed by atoms with Crippen molar-refractivity contribution in [2.45, 2.75) is 18.9 Å². The Morgan fingerprint density at radius 3 is 2.80 bits per heavy atom. The molecule has 0 amide bonds. The highest BCUT2D eigenvalue weighted by molar-refractivity contribution is 7.85. The van der Waals surface area contributed by atoms with Gasteiger partial charge in [-0.3, -0.25) is 4.21 Å². The average molecular weight is 285 g/mol. The zero-order valence-corrected chi connectivity index (χ0v) is 11.8. The predicted molar refractivity (Wildman–Crippen MR) is 81.0 cm³/mol. The highest BCUT2D eigenvalue weighted by atomic mass is 32.2. The molecular weight excluding hydrogens is 270 g/mol. The molecule has 0 unspecified atom stereocenters. The van der Waals surface area contributed by atoms with Crippen LogP contribution in [-0.2, 0) is 10.8 Å². The Morgan fingerprint density at radius 2 is 2.05 bits per heavy atom.